The van der Waals surface area contributed by atoms with E-state index in [4.69, 9.17) is 0 Å². The average molecular weight is 394 g/mol. The van der Waals surface area contributed by atoms with E-state index in [1.165, 1.54) is 22.5 Å². The second kappa shape index (κ2) is 8.17. The van der Waals surface area contributed by atoms with Gasteiger partial charge in [-0.15, -0.1) is 0 Å². The van der Waals surface area contributed by atoms with Crippen molar-refractivity contribution in [1.82, 2.24) is 0 Å². The van der Waals surface area contributed by atoms with Crippen molar-refractivity contribution in [2.75, 3.05) is 19.0 Å². The second-order valence-electron chi connectivity index (χ2n) is 5.24. The Kier molecular flexibility index (Phi) is 6.89. The van der Waals surface area contributed by atoms with Gasteiger partial charge in [-0.2, -0.15) is 4.57 Å². The fraction of sp³-hybridized carbons (Fsp3) is 0.278. The number of aryl methyl sites for hydroxylation is 2. The fourth-order valence-electron chi connectivity index (χ4n) is 2.17. The molecule has 0 amide bonds. The van der Waals surface area contributed by atoms with Crippen molar-refractivity contribution < 1.29 is 28.5 Å². The quantitative estimate of drug-likeness (QED) is 0.543. The van der Waals surface area contributed by atoms with E-state index in [1.807, 2.05) is 0 Å². The highest BCUT2D eigenvalue weighted by Crippen LogP contribution is 2.14. The lowest BCUT2D eigenvalue weighted by atomic mass is 10.1. The third-order valence-corrected chi connectivity index (χ3v) is 3.40. The molecule has 1 aromatic heterocycles. The van der Waals surface area contributed by atoms with Crippen molar-refractivity contribution >= 4 is 17.8 Å². The molecule has 0 unspecified atom stereocenters. The summed E-state index contributed by atoms with van der Waals surface area (Å²) in [7, 11) is 4.11. The van der Waals surface area contributed by atoms with E-state index in [0.717, 1.165) is 6.54 Å². The zero-order valence-electron chi connectivity index (χ0n) is 13.2. The number of benzene rings is 1. The van der Waals surface area contributed by atoms with Crippen molar-refractivity contribution in [3.8, 4) is 0 Å². The van der Waals surface area contributed by atoms with Gasteiger partial charge in [-0.1, -0.05) is 12.1 Å². The predicted molar refractivity (Wildman–Crippen MR) is 86.7 cm³/mol. The molecule has 0 atom stereocenters. The summed E-state index contributed by atoms with van der Waals surface area (Å²) in [6, 6.07) is 12.9. The Morgan fingerprint density at radius 2 is 1.67 bits per heavy atom. The van der Waals surface area contributed by atoms with Gasteiger partial charge in [0, 0.05) is 37.5 Å². The average Bonchev–Trinajstić information content (AvgIpc) is 2.46. The van der Waals surface area contributed by atoms with Crippen molar-refractivity contribution in [1.29, 1.82) is 0 Å². The first-order valence-corrected chi connectivity index (χ1v) is 7.05. The standard InChI is InChI=1S/C18H23N2.HI/c1-5-20-14-15(2)6-10-18(20)13-9-16-7-11-17(12-8-16)19(3)4;/h6-14H,5H2,1-4H3;1H/q+1;/p-1. The van der Waals surface area contributed by atoms with Crippen LogP contribution in [0.3, 0.4) is 0 Å². The Labute approximate surface area is 145 Å². The molecule has 2 nitrogen and oxygen atoms in total. The van der Waals surface area contributed by atoms with Crippen LogP contribution in [-0.4, -0.2) is 14.1 Å². The van der Waals surface area contributed by atoms with E-state index in [0.29, 0.717) is 0 Å². The molecule has 0 spiro atoms. The lowest BCUT2D eigenvalue weighted by molar-refractivity contribution is -0.695. The second-order valence-corrected chi connectivity index (χ2v) is 5.24. The van der Waals surface area contributed by atoms with E-state index in [1.54, 1.807) is 0 Å². The van der Waals surface area contributed by atoms with E-state index in [9.17, 15) is 0 Å². The van der Waals surface area contributed by atoms with Gasteiger partial charge in [0.2, 0.25) is 5.69 Å². The molecule has 2 rings (SSSR count). The van der Waals surface area contributed by atoms with Gasteiger partial charge >= 0.3 is 0 Å². The molecule has 3 heteroatoms. The van der Waals surface area contributed by atoms with Gasteiger partial charge in [0.25, 0.3) is 0 Å². The first-order valence-electron chi connectivity index (χ1n) is 7.05. The normalized spacial score (nSPS) is 10.5. The van der Waals surface area contributed by atoms with Crippen molar-refractivity contribution in [3.05, 3.63) is 59.4 Å². The van der Waals surface area contributed by atoms with Gasteiger partial charge < -0.3 is 28.9 Å². The molecule has 0 aliphatic heterocycles. The molecular formula is C18H23IN2. The summed E-state index contributed by atoms with van der Waals surface area (Å²) in [6.07, 6.45) is 6.53. The zero-order valence-corrected chi connectivity index (χ0v) is 15.3. The first kappa shape index (κ1) is 17.7. The van der Waals surface area contributed by atoms with E-state index >= 15 is 0 Å². The van der Waals surface area contributed by atoms with Gasteiger partial charge in [-0.3, -0.25) is 0 Å². The van der Waals surface area contributed by atoms with Crippen LogP contribution in [-0.2, 0) is 6.54 Å². The smallest absolute Gasteiger partial charge is 0.205 e. The Hall–Kier alpha value is -1.36. The van der Waals surface area contributed by atoms with Crippen molar-refractivity contribution in [3.63, 3.8) is 0 Å². The molecule has 0 N–H and O–H groups in total. The van der Waals surface area contributed by atoms with E-state index in [2.05, 4.69) is 92.2 Å². The minimum atomic E-state index is 0. The van der Waals surface area contributed by atoms with Crippen molar-refractivity contribution in [2.45, 2.75) is 20.4 Å². The van der Waals surface area contributed by atoms with E-state index in [-0.39, 0.29) is 24.0 Å². The molecule has 0 saturated heterocycles. The highest BCUT2D eigenvalue weighted by atomic mass is 127. The van der Waals surface area contributed by atoms with Gasteiger partial charge in [0.15, 0.2) is 6.20 Å². The van der Waals surface area contributed by atoms with Crippen LogP contribution < -0.4 is 33.4 Å². The lowest BCUT2D eigenvalue weighted by Gasteiger charge is -2.11. The molecule has 21 heavy (non-hydrogen) atoms. The van der Waals surface area contributed by atoms with Crippen LogP contribution in [0.15, 0.2) is 42.6 Å². The Morgan fingerprint density at radius 3 is 2.24 bits per heavy atom. The summed E-state index contributed by atoms with van der Waals surface area (Å²) in [6.45, 7) is 5.28. The maximum atomic E-state index is 2.26. The van der Waals surface area contributed by atoms with Crippen LogP contribution >= 0.6 is 0 Å². The summed E-state index contributed by atoms with van der Waals surface area (Å²) in [5.41, 5.74) is 4.97. The summed E-state index contributed by atoms with van der Waals surface area (Å²) < 4.78 is 2.26. The third-order valence-electron chi connectivity index (χ3n) is 3.40. The highest BCUT2D eigenvalue weighted by molar-refractivity contribution is 5.68. The number of nitrogens with zero attached hydrogens (tertiary/aromatic N) is 2. The topological polar surface area (TPSA) is 7.12 Å². The van der Waals surface area contributed by atoms with Gasteiger partial charge in [0.05, 0.1) is 0 Å². The van der Waals surface area contributed by atoms with Gasteiger partial charge in [-0.05, 0) is 43.7 Å². The first-order chi connectivity index (χ1) is 9.60. The molecule has 0 radical (unpaired) electrons. The predicted octanol–water partition coefficient (Wildman–Crippen LogP) is 0.543. The highest BCUT2D eigenvalue weighted by Gasteiger charge is 2.04. The number of aromatic nitrogens is 1. The summed E-state index contributed by atoms with van der Waals surface area (Å²) in [5, 5.41) is 0. The molecule has 2 aromatic rings. The molecule has 0 aliphatic rings. The molecule has 112 valence electrons. The molecule has 1 heterocycles. The Bertz CT molecular complexity index is 601. The molecule has 1 aromatic carbocycles. The van der Waals surface area contributed by atoms with Crippen molar-refractivity contribution in [2.24, 2.45) is 0 Å². The number of hydrogen-bond acceptors (Lipinski definition) is 1. The number of halogens is 1. The number of rotatable bonds is 4. The van der Waals surface area contributed by atoms with Crippen LogP contribution in [0.2, 0.25) is 0 Å². The van der Waals surface area contributed by atoms with Gasteiger partial charge in [0.1, 0.15) is 6.54 Å². The molecule has 0 saturated carbocycles. The number of anilines is 1. The molecule has 0 bridgehead atoms. The largest absolute Gasteiger partial charge is 1.00 e. The fourth-order valence-corrected chi connectivity index (χ4v) is 2.17. The van der Waals surface area contributed by atoms with Crippen LogP contribution in [0.5, 0.6) is 0 Å². The molecular weight excluding hydrogens is 371 g/mol. The van der Waals surface area contributed by atoms with Crippen LogP contribution in [0, 0.1) is 6.92 Å². The SMILES string of the molecule is CC[n+]1cc(C)ccc1/C=C/c1ccc(N(C)C)cc1.[I-]. The molecule has 0 aliphatic carbocycles. The Morgan fingerprint density at radius 1 is 1.00 bits per heavy atom. The minimum Gasteiger partial charge on any atom is -1.00 e. The minimum absolute atomic E-state index is 0. The van der Waals surface area contributed by atoms with Crippen LogP contribution in [0.1, 0.15) is 23.7 Å². The summed E-state index contributed by atoms with van der Waals surface area (Å²) in [5.74, 6) is 0. The van der Waals surface area contributed by atoms with Crippen LogP contribution in [0.4, 0.5) is 5.69 Å². The number of pyridine rings is 1. The lowest BCUT2D eigenvalue weighted by Crippen LogP contribution is -3.00. The third kappa shape index (κ3) is 4.84. The maximum Gasteiger partial charge on any atom is 0.205 e. The maximum absolute atomic E-state index is 2.26. The monoisotopic (exact) mass is 394 g/mol. The van der Waals surface area contributed by atoms with Gasteiger partial charge in [-0.25, -0.2) is 0 Å². The summed E-state index contributed by atoms with van der Waals surface area (Å²) >= 11 is 0. The zero-order chi connectivity index (χ0) is 14.5. The van der Waals surface area contributed by atoms with Crippen LogP contribution in [0.25, 0.3) is 12.2 Å². The molecule has 0 fully saturated rings. The Balaban J connectivity index is 0.00000220. The number of hydrogen-bond donors (Lipinski definition) is 0. The summed E-state index contributed by atoms with van der Waals surface area (Å²) in [4.78, 5) is 2.11. The van der Waals surface area contributed by atoms with E-state index < -0.39 is 0 Å².